The highest BCUT2D eigenvalue weighted by atomic mass is 35.5. The number of primary amides is 1. The standard InChI is InChI=1S/C12H15ClN2O3S/c13-5-6-19(17,18)15-8-10-4-2-1-3-9(10)7-11(15)12(14)16/h1-4,11H,5-8H2,(H2,14,16)/t11-/m0/s1. The molecule has 19 heavy (non-hydrogen) atoms. The van der Waals surface area contributed by atoms with Crippen LogP contribution in [0.4, 0.5) is 0 Å². The Bertz CT molecular complexity index is 588. The van der Waals surface area contributed by atoms with E-state index < -0.39 is 22.0 Å². The Kier molecular flexibility index (Phi) is 4.13. The number of amides is 1. The maximum atomic E-state index is 12.1. The van der Waals surface area contributed by atoms with Crippen molar-refractivity contribution in [3.05, 3.63) is 35.4 Å². The molecule has 0 unspecified atom stereocenters. The van der Waals surface area contributed by atoms with Gasteiger partial charge in [0.1, 0.15) is 6.04 Å². The molecular formula is C12H15ClN2O3S. The average Bonchev–Trinajstić information content (AvgIpc) is 2.37. The molecule has 0 radical (unpaired) electrons. The average molecular weight is 303 g/mol. The van der Waals surface area contributed by atoms with Crippen molar-refractivity contribution >= 4 is 27.5 Å². The Hall–Kier alpha value is -1.11. The highest BCUT2D eigenvalue weighted by Gasteiger charge is 2.37. The first-order chi connectivity index (χ1) is 8.95. The van der Waals surface area contributed by atoms with E-state index in [0.717, 1.165) is 11.1 Å². The van der Waals surface area contributed by atoms with Gasteiger partial charge in [-0.2, -0.15) is 4.31 Å². The third-order valence-electron chi connectivity index (χ3n) is 3.23. The first-order valence-corrected chi connectivity index (χ1v) is 8.01. The van der Waals surface area contributed by atoms with E-state index in [2.05, 4.69) is 0 Å². The topological polar surface area (TPSA) is 80.5 Å². The van der Waals surface area contributed by atoms with Gasteiger partial charge < -0.3 is 5.73 Å². The van der Waals surface area contributed by atoms with E-state index >= 15 is 0 Å². The van der Waals surface area contributed by atoms with Gasteiger partial charge >= 0.3 is 0 Å². The SMILES string of the molecule is NC(=O)[C@@H]1Cc2ccccc2CN1S(=O)(=O)CCCl. The van der Waals surface area contributed by atoms with Gasteiger partial charge in [0.15, 0.2) is 0 Å². The number of nitrogens with zero attached hydrogens (tertiary/aromatic N) is 1. The number of fused-ring (bicyclic) bond motifs is 1. The predicted octanol–water partition coefficient (Wildman–Crippen LogP) is 0.467. The molecule has 1 aliphatic heterocycles. The number of nitrogens with two attached hydrogens (primary N) is 1. The van der Waals surface area contributed by atoms with Crippen LogP contribution in [-0.2, 0) is 27.8 Å². The van der Waals surface area contributed by atoms with E-state index in [1.54, 1.807) is 0 Å². The van der Waals surface area contributed by atoms with Gasteiger partial charge in [-0.25, -0.2) is 8.42 Å². The van der Waals surface area contributed by atoms with Crippen molar-refractivity contribution in [2.24, 2.45) is 5.73 Å². The summed E-state index contributed by atoms with van der Waals surface area (Å²) < 4.78 is 25.5. The summed E-state index contributed by atoms with van der Waals surface area (Å²) in [7, 11) is -3.57. The van der Waals surface area contributed by atoms with Gasteiger partial charge in [-0.15, -0.1) is 11.6 Å². The van der Waals surface area contributed by atoms with Gasteiger partial charge in [-0.3, -0.25) is 4.79 Å². The number of rotatable bonds is 4. The van der Waals surface area contributed by atoms with Crippen LogP contribution >= 0.6 is 11.6 Å². The molecule has 0 spiro atoms. The highest BCUT2D eigenvalue weighted by Crippen LogP contribution is 2.25. The van der Waals surface area contributed by atoms with Crippen molar-refractivity contribution < 1.29 is 13.2 Å². The molecule has 2 N–H and O–H groups in total. The quantitative estimate of drug-likeness (QED) is 0.821. The van der Waals surface area contributed by atoms with Gasteiger partial charge in [-0.1, -0.05) is 24.3 Å². The molecule has 7 heteroatoms. The lowest BCUT2D eigenvalue weighted by atomic mass is 9.96. The van der Waals surface area contributed by atoms with Crippen molar-refractivity contribution in [1.82, 2.24) is 4.31 Å². The van der Waals surface area contributed by atoms with Crippen LogP contribution in [0, 0.1) is 0 Å². The van der Waals surface area contributed by atoms with Crippen molar-refractivity contribution in [2.75, 3.05) is 11.6 Å². The Morgan fingerprint density at radius 2 is 2.00 bits per heavy atom. The van der Waals surface area contributed by atoms with E-state index in [4.69, 9.17) is 17.3 Å². The van der Waals surface area contributed by atoms with Crippen LogP contribution in [-0.4, -0.2) is 36.3 Å². The molecular weight excluding hydrogens is 288 g/mol. The molecule has 104 valence electrons. The summed E-state index contributed by atoms with van der Waals surface area (Å²) in [5.41, 5.74) is 7.19. The summed E-state index contributed by atoms with van der Waals surface area (Å²) in [4.78, 5) is 11.5. The minimum absolute atomic E-state index is 0.00797. The molecule has 1 heterocycles. The number of carbonyl (C=O) groups excluding carboxylic acids is 1. The number of benzene rings is 1. The molecule has 0 aliphatic carbocycles. The van der Waals surface area contributed by atoms with E-state index in [0.29, 0.717) is 6.42 Å². The van der Waals surface area contributed by atoms with E-state index in [1.165, 1.54) is 4.31 Å². The van der Waals surface area contributed by atoms with Crippen LogP contribution in [0.2, 0.25) is 0 Å². The summed E-state index contributed by atoms with van der Waals surface area (Å²) in [5, 5.41) is 0. The van der Waals surface area contributed by atoms with Crippen molar-refractivity contribution in [3.63, 3.8) is 0 Å². The smallest absolute Gasteiger partial charge is 0.236 e. The zero-order chi connectivity index (χ0) is 14.0. The molecule has 1 aromatic rings. The first kappa shape index (κ1) is 14.3. The molecule has 0 saturated carbocycles. The van der Waals surface area contributed by atoms with Crippen LogP contribution in [0.1, 0.15) is 11.1 Å². The second-order valence-electron chi connectivity index (χ2n) is 4.44. The molecule has 5 nitrogen and oxygen atoms in total. The number of sulfonamides is 1. The van der Waals surface area contributed by atoms with Crippen molar-refractivity contribution in [1.29, 1.82) is 0 Å². The highest BCUT2D eigenvalue weighted by molar-refractivity contribution is 7.89. The van der Waals surface area contributed by atoms with Crippen LogP contribution < -0.4 is 5.73 Å². The van der Waals surface area contributed by atoms with E-state index in [1.807, 2.05) is 24.3 Å². The van der Waals surface area contributed by atoms with Gasteiger partial charge in [0.25, 0.3) is 0 Å². The fourth-order valence-corrected chi connectivity index (χ4v) is 4.16. The fraction of sp³-hybridized carbons (Fsp3) is 0.417. The predicted molar refractivity (Wildman–Crippen MR) is 73.2 cm³/mol. The number of alkyl halides is 1. The zero-order valence-corrected chi connectivity index (χ0v) is 11.8. The monoisotopic (exact) mass is 302 g/mol. The largest absolute Gasteiger partial charge is 0.368 e. The van der Waals surface area contributed by atoms with Crippen molar-refractivity contribution in [3.8, 4) is 0 Å². The van der Waals surface area contributed by atoms with Crippen LogP contribution in [0.5, 0.6) is 0 Å². The lowest BCUT2D eigenvalue weighted by Gasteiger charge is -2.33. The summed E-state index contributed by atoms with van der Waals surface area (Å²) in [6, 6.07) is 6.62. The Morgan fingerprint density at radius 1 is 1.37 bits per heavy atom. The molecule has 1 aliphatic rings. The fourth-order valence-electron chi connectivity index (χ4n) is 2.25. The molecule has 1 amide bonds. The molecule has 1 aromatic carbocycles. The molecule has 0 bridgehead atoms. The summed E-state index contributed by atoms with van der Waals surface area (Å²) in [5.74, 6) is -0.834. The Balaban J connectivity index is 2.40. The van der Waals surface area contributed by atoms with Crippen LogP contribution in [0.15, 0.2) is 24.3 Å². The second-order valence-corrected chi connectivity index (χ2v) is 6.86. The van der Waals surface area contributed by atoms with Gasteiger partial charge in [0, 0.05) is 12.4 Å². The number of hydrogen-bond donors (Lipinski definition) is 1. The summed E-state index contributed by atoms with van der Waals surface area (Å²) in [6.45, 7) is 0.170. The molecule has 0 fully saturated rings. The normalized spacial score (nSPS) is 19.9. The third-order valence-corrected chi connectivity index (χ3v) is 5.46. The summed E-state index contributed by atoms with van der Waals surface area (Å²) >= 11 is 5.51. The van der Waals surface area contributed by atoms with Gasteiger partial charge in [0.2, 0.25) is 15.9 Å². The number of hydrogen-bond acceptors (Lipinski definition) is 3. The van der Waals surface area contributed by atoms with Gasteiger partial charge in [-0.05, 0) is 17.5 Å². The lowest BCUT2D eigenvalue weighted by Crippen LogP contribution is -2.51. The number of halogens is 1. The zero-order valence-electron chi connectivity index (χ0n) is 10.3. The molecule has 0 aromatic heterocycles. The maximum Gasteiger partial charge on any atom is 0.236 e. The first-order valence-electron chi connectivity index (χ1n) is 5.87. The lowest BCUT2D eigenvalue weighted by molar-refractivity contribution is -0.122. The minimum Gasteiger partial charge on any atom is -0.368 e. The number of carbonyl (C=O) groups is 1. The molecule has 0 saturated heterocycles. The van der Waals surface area contributed by atoms with Gasteiger partial charge in [0.05, 0.1) is 5.75 Å². The molecule has 1 atom stereocenters. The molecule has 2 rings (SSSR count). The third kappa shape index (κ3) is 2.91. The Labute approximate surface area is 117 Å². The van der Waals surface area contributed by atoms with Crippen LogP contribution in [0.3, 0.4) is 0 Å². The van der Waals surface area contributed by atoms with E-state index in [-0.39, 0.29) is 18.2 Å². The maximum absolute atomic E-state index is 12.1. The minimum atomic E-state index is -3.57. The van der Waals surface area contributed by atoms with E-state index in [9.17, 15) is 13.2 Å². The summed E-state index contributed by atoms with van der Waals surface area (Å²) in [6.07, 6.45) is 0.313. The Morgan fingerprint density at radius 3 is 2.58 bits per heavy atom. The van der Waals surface area contributed by atoms with Crippen molar-refractivity contribution in [2.45, 2.75) is 19.0 Å². The second kappa shape index (κ2) is 5.48. The van der Waals surface area contributed by atoms with Crippen LogP contribution in [0.25, 0.3) is 0 Å².